The zero-order valence-electron chi connectivity index (χ0n) is 7.06. The molecule has 1 saturated heterocycles. The average Bonchev–Trinajstić information content (AvgIpc) is 1.86. The van der Waals surface area contributed by atoms with Crippen LogP contribution < -0.4 is 5.32 Å². The van der Waals surface area contributed by atoms with Gasteiger partial charge < -0.3 is 10.2 Å². The van der Waals surface area contributed by atoms with E-state index in [9.17, 15) is 0 Å². The van der Waals surface area contributed by atoms with Gasteiger partial charge in [-0.15, -0.1) is 0 Å². The molecule has 1 aliphatic heterocycles. The minimum atomic E-state index is 0.792. The van der Waals surface area contributed by atoms with Crippen LogP contribution in [0.5, 0.6) is 0 Å². The van der Waals surface area contributed by atoms with E-state index in [0.29, 0.717) is 0 Å². The molecule has 1 aliphatic rings. The molecule has 0 aromatic carbocycles. The van der Waals surface area contributed by atoms with Crippen LogP contribution in [-0.4, -0.2) is 37.1 Å². The third-order valence-electron chi connectivity index (χ3n) is 2.09. The number of likely N-dealkylation sites (N-methyl/N-ethyl adjacent to an activating group) is 1. The van der Waals surface area contributed by atoms with Crippen LogP contribution in [0.1, 0.15) is 20.3 Å². The summed E-state index contributed by atoms with van der Waals surface area (Å²) < 4.78 is 0. The predicted molar refractivity (Wildman–Crippen MR) is 44.2 cm³/mol. The standard InChI is InChI=1S/C8H18N2/c1-3-5-9-8-6-10(4-2)7-8/h8-9H,3-7H2,1-2H3. The van der Waals surface area contributed by atoms with Gasteiger partial charge in [0, 0.05) is 19.1 Å². The molecule has 0 bridgehead atoms. The first-order chi connectivity index (χ1) is 4.86. The summed E-state index contributed by atoms with van der Waals surface area (Å²) in [5.74, 6) is 0. The van der Waals surface area contributed by atoms with Crippen LogP contribution in [0.25, 0.3) is 0 Å². The molecule has 0 amide bonds. The normalized spacial score (nSPS) is 21.0. The fourth-order valence-electron chi connectivity index (χ4n) is 1.31. The lowest BCUT2D eigenvalue weighted by atomic mass is 10.1. The molecule has 0 radical (unpaired) electrons. The molecule has 1 heterocycles. The Bertz CT molecular complexity index is 84.5. The molecular weight excluding hydrogens is 124 g/mol. The SMILES string of the molecule is CCCNC1CN(CC)C1. The van der Waals surface area contributed by atoms with Crippen LogP contribution in [0.2, 0.25) is 0 Å². The Balaban J connectivity index is 1.93. The molecular formula is C8H18N2. The number of nitrogens with one attached hydrogen (secondary N) is 1. The van der Waals surface area contributed by atoms with Gasteiger partial charge in [-0.1, -0.05) is 13.8 Å². The van der Waals surface area contributed by atoms with Crippen LogP contribution in [0.4, 0.5) is 0 Å². The summed E-state index contributed by atoms with van der Waals surface area (Å²) in [7, 11) is 0. The first-order valence-corrected chi connectivity index (χ1v) is 4.32. The molecule has 1 rings (SSSR count). The lowest BCUT2D eigenvalue weighted by molar-refractivity contribution is 0.134. The van der Waals surface area contributed by atoms with Gasteiger partial charge in [0.25, 0.3) is 0 Å². The zero-order valence-corrected chi connectivity index (χ0v) is 7.06. The second-order valence-corrected chi connectivity index (χ2v) is 3.00. The highest BCUT2D eigenvalue weighted by molar-refractivity contribution is 4.84. The Hall–Kier alpha value is -0.0800. The maximum Gasteiger partial charge on any atom is 0.0322 e. The van der Waals surface area contributed by atoms with Crippen LogP contribution >= 0.6 is 0 Å². The number of likely N-dealkylation sites (tertiary alicyclic amines) is 1. The summed E-state index contributed by atoms with van der Waals surface area (Å²) in [6, 6.07) is 0.792. The van der Waals surface area contributed by atoms with E-state index in [1.165, 1.54) is 32.6 Å². The Morgan fingerprint density at radius 3 is 2.60 bits per heavy atom. The smallest absolute Gasteiger partial charge is 0.0322 e. The maximum absolute atomic E-state index is 3.49. The van der Waals surface area contributed by atoms with E-state index >= 15 is 0 Å². The summed E-state index contributed by atoms with van der Waals surface area (Å²) in [5, 5.41) is 3.49. The maximum atomic E-state index is 3.49. The van der Waals surface area contributed by atoms with Gasteiger partial charge in [0.2, 0.25) is 0 Å². The summed E-state index contributed by atoms with van der Waals surface area (Å²) in [5.41, 5.74) is 0. The highest BCUT2D eigenvalue weighted by Gasteiger charge is 2.23. The van der Waals surface area contributed by atoms with Crippen molar-refractivity contribution in [2.45, 2.75) is 26.3 Å². The Morgan fingerprint density at radius 2 is 2.10 bits per heavy atom. The molecule has 0 saturated carbocycles. The van der Waals surface area contributed by atoms with E-state index in [1.54, 1.807) is 0 Å². The molecule has 0 aromatic rings. The van der Waals surface area contributed by atoms with Crippen LogP contribution in [0.15, 0.2) is 0 Å². The molecule has 10 heavy (non-hydrogen) atoms. The van der Waals surface area contributed by atoms with E-state index in [0.717, 1.165) is 6.04 Å². The number of nitrogens with zero attached hydrogens (tertiary/aromatic N) is 1. The van der Waals surface area contributed by atoms with Gasteiger partial charge >= 0.3 is 0 Å². The third kappa shape index (κ3) is 1.96. The van der Waals surface area contributed by atoms with Crippen molar-refractivity contribution in [3.63, 3.8) is 0 Å². The summed E-state index contributed by atoms with van der Waals surface area (Å²) in [4.78, 5) is 2.45. The molecule has 0 aliphatic carbocycles. The Kier molecular flexibility index (Phi) is 3.16. The summed E-state index contributed by atoms with van der Waals surface area (Å²) in [6.07, 6.45) is 1.25. The van der Waals surface area contributed by atoms with Crippen molar-refractivity contribution in [3.8, 4) is 0 Å². The Morgan fingerprint density at radius 1 is 1.40 bits per heavy atom. The molecule has 0 spiro atoms. The molecule has 1 fully saturated rings. The molecule has 60 valence electrons. The van der Waals surface area contributed by atoms with Gasteiger partial charge in [0.15, 0.2) is 0 Å². The number of rotatable bonds is 4. The monoisotopic (exact) mass is 142 g/mol. The number of hydrogen-bond donors (Lipinski definition) is 1. The molecule has 0 unspecified atom stereocenters. The number of hydrogen-bond acceptors (Lipinski definition) is 2. The summed E-state index contributed by atoms with van der Waals surface area (Å²) in [6.45, 7) is 9.35. The van der Waals surface area contributed by atoms with Gasteiger partial charge in [0.05, 0.1) is 0 Å². The van der Waals surface area contributed by atoms with Crippen LogP contribution in [0, 0.1) is 0 Å². The minimum absolute atomic E-state index is 0.792. The zero-order chi connectivity index (χ0) is 7.40. The first kappa shape index (κ1) is 8.02. The predicted octanol–water partition coefficient (Wildman–Crippen LogP) is 0.690. The van der Waals surface area contributed by atoms with Crippen molar-refractivity contribution in [2.24, 2.45) is 0 Å². The second-order valence-electron chi connectivity index (χ2n) is 3.00. The molecule has 0 atom stereocenters. The quantitative estimate of drug-likeness (QED) is 0.621. The van der Waals surface area contributed by atoms with Crippen molar-refractivity contribution >= 4 is 0 Å². The van der Waals surface area contributed by atoms with E-state index in [-0.39, 0.29) is 0 Å². The van der Waals surface area contributed by atoms with Crippen LogP contribution in [0.3, 0.4) is 0 Å². The topological polar surface area (TPSA) is 15.3 Å². The minimum Gasteiger partial charge on any atom is -0.311 e. The van der Waals surface area contributed by atoms with Gasteiger partial charge in [-0.2, -0.15) is 0 Å². The fraction of sp³-hybridized carbons (Fsp3) is 1.00. The second kappa shape index (κ2) is 3.94. The van der Waals surface area contributed by atoms with Crippen molar-refractivity contribution in [2.75, 3.05) is 26.2 Å². The highest BCUT2D eigenvalue weighted by Crippen LogP contribution is 2.05. The van der Waals surface area contributed by atoms with Crippen LogP contribution in [-0.2, 0) is 0 Å². The van der Waals surface area contributed by atoms with Gasteiger partial charge in [-0.05, 0) is 19.5 Å². The largest absolute Gasteiger partial charge is 0.311 e. The van der Waals surface area contributed by atoms with Gasteiger partial charge in [-0.25, -0.2) is 0 Å². The van der Waals surface area contributed by atoms with Crippen molar-refractivity contribution in [3.05, 3.63) is 0 Å². The molecule has 2 heteroatoms. The Labute approximate surface area is 63.6 Å². The van der Waals surface area contributed by atoms with E-state index in [2.05, 4.69) is 24.1 Å². The highest BCUT2D eigenvalue weighted by atomic mass is 15.2. The van der Waals surface area contributed by atoms with Crippen molar-refractivity contribution in [1.29, 1.82) is 0 Å². The molecule has 2 nitrogen and oxygen atoms in total. The van der Waals surface area contributed by atoms with E-state index < -0.39 is 0 Å². The van der Waals surface area contributed by atoms with Crippen molar-refractivity contribution in [1.82, 2.24) is 10.2 Å². The van der Waals surface area contributed by atoms with Gasteiger partial charge in [0.1, 0.15) is 0 Å². The third-order valence-corrected chi connectivity index (χ3v) is 2.09. The van der Waals surface area contributed by atoms with E-state index in [4.69, 9.17) is 0 Å². The lowest BCUT2D eigenvalue weighted by Gasteiger charge is -2.39. The van der Waals surface area contributed by atoms with Crippen molar-refractivity contribution < 1.29 is 0 Å². The lowest BCUT2D eigenvalue weighted by Crippen LogP contribution is -2.57. The summed E-state index contributed by atoms with van der Waals surface area (Å²) >= 11 is 0. The van der Waals surface area contributed by atoms with Gasteiger partial charge in [-0.3, -0.25) is 0 Å². The fourth-order valence-corrected chi connectivity index (χ4v) is 1.31. The van der Waals surface area contributed by atoms with E-state index in [1.807, 2.05) is 0 Å². The average molecular weight is 142 g/mol. The molecule has 0 aromatic heterocycles. The molecule has 1 N–H and O–H groups in total. The first-order valence-electron chi connectivity index (χ1n) is 4.32.